The van der Waals surface area contributed by atoms with E-state index in [9.17, 15) is 0 Å². The molecule has 0 aliphatic rings. The van der Waals surface area contributed by atoms with Gasteiger partial charge in [0.25, 0.3) is 0 Å². The van der Waals surface area contributed by atoms with E-state index in [0.717, 1.165) is 24.2 Å². The Morgan fingerprint density at radius 3 is 1.65 bits per heavy atom. The van der Waals surface area contributed by atoms with Crippen LogP contribution in [-0.2, 0) is 0 Å². The number of unbranched alkanes of at least 4 members (excludes halogenated alkanes) is 1. The summed E-state index contributed by atoms with van der Waals surface area (Å²) in [6, 6.07) is 0. The minimum Gasteiger partial charge on any atom is -0.396 e. The highest BCUT2D eigenvalue weighted by atomic mass is 16.3. The van der Waals surface area contributed by atoms with E-state index in [1.54, 1.807) is 0 Å². The molecule has 0 saturated heterocycles. The monoisotopic (exact) mass is 244 g/mol. The minimum absolute atomic E-state index is 0.350. The van der Waals surface area contributed by atoms with Crippen molar-refractivity contribution in [2.45, 2.75) is 80.1 Å². The Bertz CT molecular complexity index is 123. The second-order valence-corrected chi connectivity index (χ2v) is 5.84. The summed E-state index contributed by atoms with van der Waals surface area (Å²) in [4.78, 5) is 0. The lowest BCUT2D eigenvalue weighted by Gasteiger charge is -2.18. The fraction of sp³-hybridized carbons (Fsp3) is 1.00. The average molecular weight is 244 g/mol. The van der Waals surface area contributed by atoms with Gasteiger partial charge in [0.2, 0.25) is 0 Å². The van der Waals surface area contributed by atoms with Gasteiger partial charge in [-0.1, -0.05) is 73.6 Å². The summed E-state index contributed by atoms with van der Waals surface area (Å²) in [6.45, 7) is 13.8. The molecule has 0 unspecified atom stereocenters. The molecule has 1 atom stereocenters. The smallest absolute Gasteiger partial charge is 0.0433 e. The van der Waals surface area contributed by atoms with Crippen molar-refractivity contribution >= 4 is 0 Å². The van der Waals surface area contributed by atoms with Crippen molar-refractivity contribution in [2.24, 2.45) is 17.8 Å². The van der Waals surface area contributed by atoms with Crippen LogP contribution in [0.25, 0.3) is 0 Å². The van der Waals surface area contributed by atoms with Crippen LogP contribution in [-0.4, -0.2) is 11.7 Å². The average Bonchev–Trinajstić information content (AvgIpc) is 2.26. The van der Waals surface area contributed by atoms with Crippen molar-refractivity contribution in [1.29, 1.82) is 0 Å². The Hall–Kier alpha value is -0.0400. The maximum atomic E-state index is 8.71. The quantitative estimate of drug-likeness (QED) is 0.616. The van der Waals surface area contributed by atoms with E-state index in [1.165, 1.54) is 32.1 Å². The summed E-state index contributed by atoms with van der Waals surface area (Å²) in [5.41, 5.74) is 0. The van der Waals surface area contributed by atoms with E-state index in [-0.39, 0.29) is 0 Å². The normalized spacial score (nSPS) is 12.5. The highest BCUT2D eigenvalue weighted by molar-refractivity contribution is 4.61. The molecule has 1 heteroatoms. The zero-order valence-electron chi connectivity index (χ0n) is 13.1. The topological polar surface area (TPSA) is 20.2 Å². The first-order valence-corrected chi connectivity index (χ1v) is 7.60. The van der Waals surface area contributed by atoms with Crippen LogP contribution in [0.5, 0.6) is 0 Å². The van der Waals surface area contributed by atoms with E-state index in [1.807, 2.05) is 0 Å². The fourth-order valence-electron chi connectivity index (χ4n) is 1.96. The van der Waals surface area contributed by atoms with E-state index in [4.69, 9.17) is 5.11 Å². The molecule has 1 N–H and O–H groups in total. The van der Waals surface area contributed by atoms with Gasteiger partial charge in [-0.3, -0.25) is 0 Å². The van der Waals surface area contributed by atoms with Crippen LogP contribution in [0, 0.1) is 17.8 Å². The Morgan fingerprint density at radius 1 is 0.824 bits per heavy atom. The number of hydrogen-bond acceptors (Lipinski definition) is 1. The highest BCUT2D eigenvalue weighted by Crippen LogP contribution is 2.19. The summed E-state index contributed by atoms with van der Waals surface area (Å²) in [6.07, 6.45) is 7.62. The number of hydrogen-bond donors (Lipinski definition) is 1. The fourth-order valence-corrected chi connectivity index (χ4v) is 1.96. The van der Waals surface area contributed by atoms with Crippen LogP contribution in [0.2, 0.25) is 0 Å². The van der Waals surface area contributed by atoms with Crippen LogP contribution in [0.15, 0.2) is 0 Å². The van der Waals surface area contributed by atoms with Gasteiger partial charge in [0, 0.05) is 6.61 Å². The molecular formula is C16H36O. The predicted molar refractivity (Wildman–Crippen MR) is 79.3 cm³/mol. The molecule has 0 saturated carbocycles. The molecule has 0 aliphatic carbocycles. The summed E-state index contributed by atoms with van der Waals surface area (Å²) < 4.78 is 0. The molecule has 0 radical (unpaired) electrons. The second-order valence-electron chi connectivity index (χ2n) is 5.84. The lowest BCUT2D eigenvalue weighted by Crippen LogP contribution is -2.09. The maximum absolute atomic E-state index is 8.71. The highest BCUT2D eigenvalue weighted by Gasteiger charge is 2.10. The van der Waals surface area contributed by atoms with Crippen molar-refractivity contribution < 1.29 is 5.11 Å². The van der Waals surface area contributed by atoms with Crippen molar-refractivity contribution in [2.75, 3.05) is 6.61 Å². The Balaban J connectivity index is 0. The van der Waals surface area contributed by atoms with Gasteiger partial charge < -0.3 is 5.11 Å². The van der Waals surface area contributed by atoms with Gasteiger partial charge in [-0.2, -0.15) is 0 Å². The molecule has 0 aromatic rings. The number of aliphatic hydroxyl groups excluding tert-OH is 1. The predicted octanol–water partition coefficient (Wildman–Crippen LogP) is 5.27. The zero-order valence-corrected chi connectivity index (χ0v) is 13.1. The summed E-state index contributed by atoms with van der Waals surface area (Å²) in [7, 11) is 0. The Morgan fingerprint density at radius 2 is 1.41 bits per heavy atom. The number of aliphatic hydroxyl groups is 1. The molecule has 0 bridgehead atoms. The zero-order chi connectivity index (χ0) is 13.7. The largest absolute Gasteiger partial charge is 0.396 e. The first kappa shape index (κ1) is 19.3. The van der Waals surface area contributed by atoms with Gasteiger partial charge in [-0.15, -0.1) is 0 Å². The molecule has 106 valence electrons. The molecule has 0 amide bonds. The van der Waals surface area contributed by atoms with Crippen molar-refractivity contribution in [3.05, 3.63) is 0 Å². The summed E-state index contributed by atoms with van der Waals surface area (Å²) in [5.74, 6) is 2.36. The van der Waals surface area contributed by atoms with E-state index in [2.05, 4.69) is 41.5 Å². The van der Waals surface area contributed by atoms with E-state index >= 15 is 0 Å². The summed E-state index contributed by atoms with van der Waals surface area (Å²) in [5, 5.41) is 8.71. The molecule has 0 spiro atoms. The molecule has 0 rings (SSSR count). The first-order valence-electron chi connectivity index (χ1n) is 7.60. The van der Waals surface area contributed by atoms with Crippen molar-refractivity contribution in [3.63, 3.8) is 0 Å². The van der Waals surface area contributed by atoms with Crippen molar-refractivity contribution in [3.8, 4) is 0 Å². The second kappa shape index (κ2) is 14.0. The molecular weight excluding hydrogens is 208 g/mol. The third kappa shape index (κ3) is 16.0. The van der Waals surface area contributed by atoms with Crippen LogP contribution in [0.1, 0.15) is 80.1 Å². The molecule has 0 heterocycles. The standard InChI is InChI=1S/C9H20O.C7H16/c1-4-5-9(6-7-10)8(2)3;1-4-5-6-7(2)3/h8-10H,4-7H2,1-3H3;7H,4-6H2,1-3H3/t9-;/m0./s1. The van der Waals surface area contributed by atoms with Crippen LogP contribution >= 0.6 is 0 Å². The lowest BCUT2D eigenvalue weighted by molar-refractivity contribution is 0.223. The molecule has 1 nitrogen and oxygen atoms in total. The molecule has 0 aromatic heterocycles. The first-order chi connectivity index (χ1) is 7.99. The van der Waals surface area contributed by atoms with Crippen LogP contribution in [0.4, 0.5) is 0 Å². The Labute approximate surface area is 110 Å². The van der Waals surface area contributed by atoms with Crippen LogP contribution in [0.3, 0.4) is 0 Å². The van der Waals surface area contributed by atoms with Gasteiger partial charge in [0.1, 0.15) is 0 Å². The van der Waals surface area contributed by atoms with E-state index in [0.29, 0.717) is 6.61 Å². The van der Waals surface area contributed by atoms with Gasteiger partial charge in [0.15, 0.2) is 0 Å². The van der Waals surface area contributed by atoms with Gasteiger partial charge in [-0.25, -0.2) is 0 Å². The minimum atomic E-state index is 0.350. The Kier molecular flexibility index (Phi) is 15.9. The lowest BCUT2D eigenvalue weighted by atomic mass is 9.89. The molecule has 0 aromatic carbocycles. The van der Waals surface area contributed by atoms with Gasteiger partial charge in [0.05, 0.1) is 0 Å². The third-order valence-corrected chi connectivity index (χ3v) is 3.24. The number of rotatable bonds is 8. The van der Waals surface area contributed by atoms with Gasteiger partial charge in [-0.05, 0) is 24.2 Å². The van der Waals surface area contributed by atoms with Crippen molar-refractivity contribution in [1.82, 2.24) is 0 Å². The SMILES string of the molecule is CCCCC(C)C.CCC[C@@H](CCO)C(C)C. The van der Waals surface area contributed by atoms with Gasteiger partial charge >= 0.3 is 0 Å². The maximum Gasteiger partial charge on any atom is 0.0433 e. The third-order valence-electron chi connectivity index (χ3n) is 3.24. The van der Waals surface area contributed by atoms with Crippen LogP contribution < -0.4 is 0 Å². The molecule has 17 heavy (non-hydrogen) atoms. The summed E-state index contributed by atoms with van der Waals surface area (Å²) >= 11 is 0. The molecule has 0 fully saturated rings. The molecule has 0 aliphatic heterocycles. The van der Waals surface area contributed by atoms with E-state index < -0.39 is 0 Å².